The lowest BCUT2D eigenvalue weighted by Crippen LogP contribution is -2.18. The fourth-order valence-electron chi connectivity index (χ4n) is 2.60. The summed E-state index contributed by atoms with van der Waals surface area (Å²) in [6.45, 7) is 2.20. The monoisotopic (exact) mass is 303 g/mol. The van der Waals surface area contributed by atoms with E-state index in [2.05, 4.69) is 36.5 Å². The van der Waals surface area contributed by atoms with Crippen molar-refractivity contribution in [3.63, 3.8) is 0 Å². The van der Waals surface area contributed by atoms with Crippen molar-refractivity contribution in [1.82, 2.24) is 5.32 Å². The van der Waals surface area contributed by atoms with Gasteiger partial charge in [-0.05, 0) is 42.8 Å². The van der Waals surface area contributed by atoms with Crippen molar-refractivity contribution in [2.45, 2.75) is 25.8 Å². The standard InChI is InChI=1S/C18H22ClNO/c1-4-5-13-6-8-14(9-7-13)18(20-2)16-12-15(19)10-11-17(16)21-3/h6-12,18,20H,4-5H2,1-3H3. The number of nitrogens with one attached hydrogen (secondary N) is 1. The van der Waals surface area contributed by atoms with E-state index in [1.54, 1.807) is 7.11 Å². The van der Waals surface area contributed by atoms with Crippen LogP contribution in [0.25, 0.3) is 0 Å². The Morgan fingerprint density at radius 2 is 1.86 bits per heavy atom. The molecule has 1 N–H and O–H groups in total. The van der Waals surface area contributed by atoms with Crippen molar-refractivity contribution in [3.05, 3.63) is 64.2 Å². The second kappa shape index (κ2) is 7.48. The Hall–Kier alpha value is -1.51. The molecule has 0 bridgehead atoms. The van der Waals surface area contributed by atoms with Gasteiger partial charge in [-0.15, -0.1) is 0 Å². The van der Waals surface area contributed by atoms with Crippen LogP contribution >= 0.6 is 11.6 Å². The molecule has 0 heterocycles. The predicted octanol–water partition coefficient (Wildman–Crippen LogP) is 4.61. The number of hydrogen-bond donors (Lipinski definition) is 1. The van der Waals surface area contributed by atoms with Crippen LogP contribution in [0.3, 0.4) is 0 Å². The average molecular weight is 304 g/mol. The van der Waals surface area contributed by atoms with E-state index < -0.39 is 0 Å². The second-order valence-electron chi connectivity index (χ2n) is 5.10. The van der Waals surface area contributed by atoms with Crippen LogP contribution in [0.15, 0.2) is 42.5 Å². The largest absolute Gasteiger partial charge is 0.496 e. The molecule has 1 atom stereocenters. The predicted molar refractivity (Wildman–Crippen MR) is 89.3 cm³/mol. The van der Waals surface area contributed by atoms with Crippen LogP contribution in [0, 0.1) is 0 Å². The van der Waals surface area contributed by atoms with Gasteiger partial charge in [0.05, 0.1) is 13.2 Å². The Kier molecular flexibility index (Phi) is 5.66. The van der Waals surface area contributed by atoms with E-state index in [4.69, 9.17) is 16.3 Å². The molecule has 2 rings (SSSR count). The Morgan fingerprint density at radius 3 is 2.43 bits per heavy atom. The molecule has 0 spiro atoms. The van der Waals surface area contributed by atoms with Gasteiger partial charge in [-0.2, -0.15) is 0 Å². The third kappa shape index (κ3) is 3.78. The van der Waals surface area contributed by atoms with Crippen LogP contribution in [0.5, 0.6) is 5.75 Å². The molecule has 0 saturated carbocycles. The van der Waals surface area contributed by atoms with Crippen LogP contribution in [-0.2, 0) is 6.42 Å². The van der Waals surface area contributed by atoms with Crippen LogP contribution < -0.4 is 10.1 Å². The van der Waals surface area contributed by atoms with Crippen LogP contribution in [-0.4, -0.2) is 14.2 Å². The first-order valence-electron chi connectivity index (χ1n) is 7.29. The third-order valence-corrected chi connectivity index (χ3v) is 3.88. The molecule has 2 aromatic carbocycles. The first kappa shape index (κ1) is 15.9. The van der Waals surface area contributed by atoms with Crippen LogP contribution in [0.4, 0.5) is 0 Å². The van der Waals surface area contributed by atoms with Gasteiger partial charge in [-0.1, -0.05) is 49.2 Å². The van der Waals surface area contributed by atoms with E-state index in [0.29, 0.717) is 5.02 Å². The van der Waals surface area contributed by atoms with Crippen LogP contribution in [0.1, 0.15) is 36.1 Å². The summed E-state index contributed by atoms with van der Waals surface area (Å²) in [5.74, 6) is 0.844. The zero-order chi connectivity index (χ0) is 15.2. The normalized spacial score (nSPS) is 12.2. The van der Waals surface area contributed by atoms with E-state index in [1.807, 2.05) is 25.2 Å². The molecule has 0 aliphatic carbocycles. The van der Waals surface area contributed by atoms with Crippen molar-refractivity contribution in [1.29, 1.82) is 0 Å². The first-order valence-corrected chi connectivity index (χ1v) is 7.67. The van der Waals surface area contributed by atoms with E-state index in [1.165, 1.54) is 11.1 Å². The van der Waals surface area contributed by atoms with E-state index in [9.17, 15) is 0 Å². The minimum absolute atomic E-state index is 0.0642. The molecule has 0 aliphatic heterocycles. The van der Waals surface area contributed by atoms with Crippen molar-refractivity contribution < 1.29 is 4.74 Å². The molecule has 21 heavy (non-hydrogen) atoms. The second-order valence-corrected chi connectivity index (χ2v) is 5.54. The summed E-state index contributed by atoms with van der Waals surface area (Å²) < 4.78 is 5.47. The van der Waals surface area contributed by atoms with Gasteiger partial charge in [-0.3, -0.25) is 0 Å². The summed E-state index contributed by atoms with van der Waals surface area (Å²) in [7, 11) is 3.63. The SMILES string of the molecule is CCCc1ccc(C(NC)c2cc(Cl)ccc2OC)cc1. The van der Waals surface area contributed by atoms with Crippen molar-refractivity contribution >= 4 is 11.6 Å². The quantitative estimate of drug-likeness (QED) is 0.841. The Bertz CT molecular complexity index is 580. The first-order chi connectivity index (χ1) is 10.2. The van der Waals surface area contributed by atoms with Gasteiger partial charge >= 0.3 is 0 Å². The zero-order valence-electron chi connectivity index (χ0n) is 12.8. The summed E-state index contributed by atoms with van der Waals surface area (Å²) in [6.07, 6.45) is 2.28. The number of hydrogen-bond acceptors (Lipinski definition) is 2. The molecule has 0 amide bonds. The molecule has 0 fully saturated rings. The van der Waals surface area contributed by atoms with Crippen molar-refractivity contribution in [2.24, 2.45) is 0 Å². The Labute approximate surface area is 132 Å². The maximum Gasteiger partial charge on any atom is 0.124 e. The number of aryl methyl sites for hydroxylation is 1. The highest BCUT2D eigenvalue weighted by atomic mass is 35.5. The lowest BCUT2D eigenvalue weighted by Gasteiger charge is -2.20. The van der Waals surface area contributed by atoms with Crippen LogP contribution in [0.2, 0.25) is 5.02 Å². The molecule has 3 heteroatoms. The van der Waals surface area contributed by atoms with E-state index in [0.717, 1.165) is 24.2 Å². The fourth-order valence-corrected chi connectivity index (χ4v) is 2.78. The number of benzene rings is 2. The summed E-state index contributed by atoms with van der Waals surface area (Å²) >= 11 is 6.15. The van der Waals surface area contributed by atoms with Crippen molar-refractivity contribution in [2.75, 3.05) is 14.2 Å². The van der Waals surface area contributed by atoms with Gasteiger partial charge in [0.1, 0.15) is 5.75 Å². The van der Waals surface area contributed by atoms with Gasteiger partial charge < -0.3 is 10.1 Å². The molecule has 112 valence electrons. The summed E-state index contributed by atoms with van der Waals surface area (Å²) in [4.78, 5) is 0. The molecule has 2 aromatic rings. The molecule has 2 nitrogen and oxygen atoms in total. The summed E-state index contributed by atoms with van der Waals surface area (Å²) in [5.41, 5.74) is 3.63. The molecule has 0 saturated heterocycles. The molecule has 0 aliphatic rings. The third-order valence-electron chi connectivity index (χ3n) is 3.64. The van der Waals surface area contributed by atoms with Gasteiger partial charge in [-0.25, -0.2) is 0 Å². The maximum atomic E-state index is 6.15. The molecular formula is C18H22ClNO. The Balaban J connectivity index is 2.37. The molecular weight excluding hydrogens is 282 g/mol. The molecule has 0 aromatic heterocycles. The van der Waals surface area contributed by atoms with Gasteiger partial charge in [0.2, 0.25) is 0 Å². The zero-order valence-corrected chi connectivity index (χ0v) is 13.6. The lowest BCUT2D eigenvalue weighted by atomic mass is 9.96. The van der Waals surface area contributed by atoms with E-state index in [-0.39, 0.29) is 6.04 Å². The van der Waals surface area contributed by atoms with Crippen molar-refractivity contribution in [3.8, 4) is 5.75 Å². The lowest BCUT2D eigenvalue weighted by molar-refractivity contribution is 0.405. The summed E-state index contributed by atoms with van der Waals surface area (Å²) in [6, 6.07) is 14.5. The average Bonchev–Trinajstić information content (AvgIpc) is 2.50. The topological polar surface area (TPSA) is 21.3 Å². The number of rotatable bonds is 6. The van der Waals surface area contributed by atoms with Gasteiger partial charge in [0.15, 0.2) is 0 Å². The number of methoxy groups -OCH3 is 1. The smallest absolute Gasteiger partial charge is 0.124 e. The minimum atomic E-state index is 0.0642. The summed E-state index contributed by atoms with van der Waals surface area (Å²) in [5, 5.41) is 4.07. The molecule has 0 radical (unpaired) electrons. The number of ether oxygens (including phenoxy) is 1. The highest BCUT2D eigenvalue weighted by molar-refractivity contribution is 6.30. The van der Waals surface area contributed by atoms with E-state index >= 15 is 0 Å². The highest BCUT2D eigenvalue weighted by Crippen LogP contribution is 2.32. The van der Waals surface area contributed by atoms with Gasteiger partial charge in [0, 0.05) is 10.6 Å². The maximum absolute atomic E-state index is 6.15. The fraction of sp³-hybridized carbons (Fsp3) is 0.333. The highest BCUT2D eigenvalue weighted by Gasteiger charge is 2.17. The molecule has 1 unspecified atom stereocenters. The number of halogens is 1. The van der Waals surface area contributed by atoms with Gasteiger partial charge in [0.25, 0.3) is 0 Å². The minimum Gasteiger partial charge on any atom is -0.496 e. The Morgan fingerprint density at radius 1 is 1.14 bits per heavy atom.